The van der Waals surface area contributed by atoms with Crippen molar-refractivity contribution < 1.29 is 14.7 Å². The van der Waals surface area contributed by atoms with Gasteiger partial charge < -0.3 is 21.1 Å². The molecule has 150 valence electrons. The van der Waals surface area contributed by atoms with E-state index in [4.69, 9.17) is 10.8 Å². The monoisotopic (exact) mass is 383 g/mol. The average molecular weight is 383 g/mol. The maximum Gasteiger partial charge on any atom is 0.322 e. The fourth-order valence-electron chi connectivity index (χ4n) is 3.42. The summed E-state index contributed by atoms with van der Waals surface area (Å²) < 4.78 is 0. The van der Waals surface area contributed by atoms with Crippen molar-refractivity contribution in [3.8, 4) is 0 Å². The molecule has 1 heterocycles. The molecule has 28 heavy (non-hydrogen) atoms. The summed E-state index contributed by atoms with van der Waals surface area (Å²) in [5.74, 6) is -1.39. The summed E-state index contributed by atoms with van der Waals surface area (Å²) in [6.45, 7) is 4.74. The first-order chi connectivity index (χ1) is 13.4. The van der Waals surface area contributed by atoms with Crippen LogP contribution in [-0.2, 0) is 16.0 Å². The number of benzene rings is 1. The number of hydrogen-bond donors (Lipinski definition) is 3. The van der Waals surface area contributed by atoms with E-state index in [2.05, 4.69) is 29.3 Å². The van der Waals surface area contributed by atoms with Crippen LogP contribution in [-0.4, -0.2) is 35.0 Å². The molecule has 1 unspecified atom stereocenters. The van der Waals surface area contributed by atoms with Crippen LogP contribution in [0.1, 0.15) is 32.3 Å². The molecule has 0 fully saturated rings. The van der Waals surface area contributed by atoms with E-state index >= 15 is 0 Å². The summed E-state index contributed by atoms with van der Waals surface area (Å²) in [6.07, 6.45) is 7.28. The van der Waals surface area contributed by atoms with Crippen LogP contribution in [0, 0.1) is 5.92 Å². The zero-order valence-electron chi connectivity index (χ0n) is 16.5. The highest BCUT2D eigenvalue weighted by Gasteiger charge is 2.22. The van der Waals surface area contributed by atoms with Crippen LogP contribution in [0.25, 0.3) is 0 Å². The zero-order valence-corrected chi connectivity index (χ0v) is 16.5. The Morgan fingerprint density at radius 3 is 2.61 bits per heavy atom. The number of carbonyl (C=O) groups excluding carboxylic acids is 1. The van der Waals surface area contributed by atoms with Crippen LogP contribution in [0.2, 0.25) is 0 Å². The summed E-state index contributed by atoms with van der Waals surface area (Å²) >= 11 is 0. The third-order valence-corrected chi connectivity index (χ3v) is 4.91. The molecule has 1 aliphatic heterocycles. The van der Waals surface area contributed by atoms with Crippen molar-refractivity contribution in [3.05, 3.63) is 71.2 Å². The van der Waals surface area contributed by atoms with Crippen molar-refractivity contribution in [2.24, 2.45) is 11.7 Å². The highest BCUT2D eigenvalue weighted by molar-refractivity contribution is 5.74. The number of carboxylic acids is 1. The summed E-state index contributed by atoms with van der Waals surface area (Å²) in [5.41, 5.74) is 9.73. The van der Waals surface area contributed by atoms with Crippen molar-refractivity contribution >= 4 is 11.9 Å². The maximum absolute atomic E-state index is 11.7. The van der Waals surface area contributed by atoms with E-state index in [0.717, 1.165) is 29.9 Å². The zero-order chi connectivity index (χ0) is 20.5. The Bertz CT molecular complexity index is 781. The smallest absolute Gasteiger partial charge is 0.322 e. The van der Waals surface area contributed by atoms with Crippen LogP contribution in [0.4, 0.5) is 0 Å². The number of aliphatic carboxylic acids is 1. The molecule has 1 atom stereocenters. The van der Waals surface area contributed by atoms with Gasteiger partial charge in [0.2, 0.25) is 5.91 Å². The molecule has 1 aromatic rings. The molecular weight excluding hydrogens is 354 g/mol. The predicted molar refractivity (Wildman–Crippen MR) is 110 cm³/mol. The number of carbonyl (C=O) groups is 2. The van der Waals surface area contributed by atoms with Crippen molar-refractivity contribution in [1.29, 1.82) is 0 Å². The summed E-state index contributed by atoms with van der Waals surface area (Å²) in [5, 5.41) is 11.9. The van der Waals surface area contributed by atoms with Gasteiger partial charge in [0.25, 0.3) is 0 Å². The van der Waals surface area contributed by atoms with Crippen molar-refractivity contribution in [3.63, 3.8) is 0 Å². The number of allylic oxidation sites excluding steroid dienone is 5. The van der Waals surface area contributed by atoms with Gasteiger partial charge in [0.05, 0.1) is 0 Å². The molecule has 0 aromatic heterocycles. The molecular formula is C22H29N3O3. The normalized spacial score (nSPS) is 21.9. The second-order valence-electron chi connectivity index (χ2n) is 6.93. The van der Waals surface area contributed by atoms with Crippen molar-refractivity contribution in [1.82, 2.24) is 10.2 Å². The molecule has 6 heteroatoms. The van der Waals surface area contributed by atoms with E-state index in [0.29, 0.717) is 6.42 Å². The average Bonchev–Trinajstić information content (AvgIpc) is 2.71. The van der Waals surface area contributed by atoms with E-state index in [9.17, 15) is 9.59 Å². The minimum Gasteiger partial charge on any atom is -0.480 e. The summed E-state index contributed by atoms with van der Waals surface area (Å²) in [4.78, 5) is 24.8. The Labute approximate surface area is 166 Å². The van der Waals surface area contributed by atoms with E-state index in [1.54, 1.807) is 0 Å². The van der Waals surface area contributed by atoms with Crippen LogP contribution in [0.5, 0.6) is 0 Å². The van der Waals surface area contributed by atoms with Gasteiger partial charge in [-0.15, -0.1) is 0 Å². The maximum atomic E-state index is 11.7. The van der Waals surface area contributed by atoms with Gasteiger partial charge in [0.1, 0.15) is 6.54 Å². The molecule has 0 aliphatic carbocycles. The highest BCUT2D eigenvalue weighted by atomic mass is 16.4. The number of nitrogens with two attached hydrogens (primary N) is 1. The van der Waals surface area contributed by atoms with Gasteiger partial charge in [-0.25, -0.2) is 0 Å². The molecule has 1 aliphatic rings. The molecule has 0 saturated heterocycles. The van der Waals surface area contributed by atoms with Crippen LogP contribution >= 0.6 is 0 Å². The predicted octanol–water partition coefficient (Wildman–Crippen LogP) is 2.79. The number of carboxylic acid groups (broad SMARTS) is 1. The number of amides is 1. The SMILES string of the molecule is CCN1C=C/C=C(/NCC(=O)O)CC(CC(N)=O)/C(C)=C\1Cc1ccccc1. The fourth-order valence-corrected chi connectivity index (χ4v) is 3.42. The second-order valence-corrected chi connectivity index (χ2v) is 6.93. The lowest BCUT2D eigenvalue weighted by Crippen LogP contribution is -2.26. The molecule has 0 spiro atoms. The van der Waals surface area contributed by atoms with Gasteiger partial charge in [-0.05, 0) is 49.5 Å². The lowest BCUT2D eigenvalue weighted by Gasteiger charge is -2.28. The third kappa shape index (κ3) is 6.30. The molecule has 0 saturated carbocycles. The molecule has 1 amide bonds. The standard InChI is InChI=1S/C22H29N3O3/c1-3-25-11-7-10-19(24-15-22(27)28)13-18(14-21(23)26)16(2)20(25)12-17-8-5-4-6-9-17/h4-11,18,24H,3,12-15H2,1-2H3,(H2,23,26)(H,27,28)/b11-7?,19-10+,20-16-. The van der Waals surface area contributed by atoms with Gasteiger partial charge in [0.15, 0.2) is 0 Å². The largest absolute Gasteiger partial charge is 0.480 e. The fraction of sp³-hybridized carbons (Fsp3) is 0.364. The van der Waals surface area contributed by atoms with E-state index in [-0.39, 0.29) is 24.8 Å². The Hall–Kier alpha value is -3.02. The number of nitrogens with zero attached hydrogens (tertiary/aromatic N) is 1. The summed E-state index contributed by atoms with van der Waals surface area (Å²) in [7, 11) is 0. The molecule has 1 aromatic carbocycles. The summed E-state index contributed by atoms with van der Waals surface area (Å²) in [6, 6.07) is 10.2. The Morgan fingerprint density at radius 1 is 1.29 bits per heavy atom. The number of rotatable bonds is 8. The van der Waals surface area contributed by atoms with Gasteiger partial charge in [0, 0.05) is 37.0 Å². The number of nitrogens with one attached hydrogen (secondary N) is 1. The second kappa shape index (κ2) is 10.3. The van der Waals surface area contributed by atoms with Gasteiger partial charge in [-0.3, -0.25) is 9.59 Å². The van der Waals surface area contributed by atoms with Crippen LogP contribution in [0.15, 0.2) is 65.7 Å². The molecule has 4 N–H and O–H groups in total. The first-order valence-electron chi connectivity index (χ1n) is 9.52. The first-order valence-corrected chi connectivity index (χ1v) is 9.52. The number of primary amides is 1. The Kier molecular flexibility index (Phi) is 7.87. The number of likely N-dealkylation sites (N-methyl/N-ethyl adjacent to an activating group) is 1. The minimum atomic E-state index is -0.927. The third-order valence-electron chi connectivity index (χ3n) is 4.91. The Balaban J connectivity index is 2.42. The highest BCUT2D eigenvalue weighted by Crippen LogP contribution is 2.29. The van der Waals surface area contributed by atoms with E-state index in [1.807, 2.05) is 43.5 Å². The lowest BCUT2D eigenvalue weighted by molar-refractivity contribution is -0.135. The van der Waals surface area contributed by atoms with E-state index < -0.39 is 5.97 Å². The lowest BCUT2D eigenvalue weighted by atomic mass is 9.88. The molecule has 2 rings (SSSR count). The van der Waals surface area contributed by atoms with E-state index in [1.165, 1.54) is 5.56 Å². The van der Waals surface area contributed by atoms with Crippen LogP contribution < -0.4 is 11.1 Å². The topological polar surface area (TPSA) is 95.7 Å². The molecule has 0 radical (unpaired) electrons. The number of hydrogen-bond acceptors (Lipinski definition) is 4. The van der Waals surface area contributed by atoms with Gasteiger partial charge in [-0.2, -0.15) is 0 Å². The minimum absolute atomic E-state index is 0.0993. The Morgan fingerprint density at radius 2 is 2.00 bits per heavy atom. The first kappa shape index (κ1) is 21.3. The van der Waals surface area contributed by atoms with Crippen molar-refractivity contribution in [2.45, 2.75) is 33.1 Å². The molecule has 0 bridgehead atoms. The quantitative estimate of drug-likeness (QED) is 0.642. The molecule has 6 nitrogen and oxygen atoms in total. The van der Waals surface area contributed by atoms with Gasteiger partial charge >= 0.3 is 5.97 Å². The van der Waals surface area contributed by atoms with Gasteiger partial charge in [-0.1, -0.05) is 30.3 Å². The van der Waals surface area contributed by atoms with Crippen LogP contribution in [0.3, 0.4) is 0 Å². The van der Waals surface area contributed by atoms with Crippen molar-refractivity contribution in [2.75, 3.05) is 13.1 Å².